The molecule has 1 N–H and O–H groups in total. The number of carbonyl (C=O) groups is 1. The SMILES string of the molecule is COCCNC(=O)c1ccc(-c2ccc(N3CCCCCC3)nc2)cc1. The molecular weight excluding hydrogens is 326 g/mol. The van der Waals surface area contributed by atoms with E-state index in [1.54, 1.807) is 7.11 Å². The highest BCUT2D eigenvalue weighted by Gasteiger charge is 2.11. The zero-order chi connectivity index (χ0) is 18.2. The predicted molar refractivity (Wildman–Crippen MR) is 105 cm³/mol. The monoisotopic (exact) mass is 353 g/mol. The van der Waals surface area contributed by atoms with Crippen LogP contribution in [0.3, 0.4) is 0 Å². The van der Waals surface area contributed by atoms with Crippen LogP contribution in [0.1, 0.15) is 36.0 Å². The fourth-order valence-electron chi connectivity index (χ4n) is 3.23. The molecule has 1 amide bonds. The number of nitrogens with zero attached hydrogens (tertiary/aromatic N) is 2. The van der Waals surface area contributed by atoms with Gasteiger partial charge in [-0.1, -0.05) is 25.0 Å². The van der Waals surface area contributed by atoms with Gasteiger partial charge in [0.2, 0.25) is 0 Å². The van der Waals surface area contributed by atoms with Crippen LogP contribution in [0.2, 0.25) is 0 Å². The van der Waals surface area contributed by atoms with E-state index in [1.165, 1.54) is 25.7 Å². The van der Waals surface area contributed by atoms with Gasteiger partial charge < -0.3 is 15.0 Å². The van der Waals surface area contributed by atoms with E-state index in [4.69, 9.17) is 4.74 Å². The van der Waals surface area contributed by atoms with Gasteiger partial charge in [-0.3, -0.25) is 4.79 Å². The van der Waals surface area contributed by atoms with Gasteiger partial charge >= 0.3 is 0 Å². The standard InChI is InChI=1S/C21H27N3O2/c1-26-15-12-22-21(25)18-8-6-17(7-9-18)19-10-11-20(23-16-19)24-13-4-2-3-5-14-24/h6-11,16H,2-5,12-15H2,1H3,(H,22,25). The van der Waals surface area contributed by atoms with E-state index in [0.717, 1.165) is 30.0 Å². The van der Waals surface area contributed by atoms with Crippen LogP contribution < -0.4 is 10.2 Å². The Labute approximate surface area is 155 Å². The summed E-state index contributed by atoms with van der Waals surface area (Å²) in [5.74, 6) is 0.980. The first-order chi connectivity index (χ1) is 12.8. The van der Waals surface area contributed by atoms with E-state index < -0.39 is 0 Å². The fourth-order valence-corrected chi connectivity index (χ4v) is 3.23. The second-order valence-corrected chi connectivity index (χ2v) is 6.63. The number of carbonyl (C=O) groups excluding carboxylic acids is 1. The number of amides is 1. The molecule has 26 heavy (non-hydrogen) atoms. The van der Waals surface area contributed by atoms with Crippen molar-refractivity contribution in [3.63, 3.8) is 0 Å². The molecule has 5 heteroatoms. The van der Waals surface area contributed by atoms with Crippen molar-refractivity contribution in [2.75, 3.05) is 38.3 Å². The number of nitrogens with one attached hydrogen (secondary N) is 1. The number of benzene rings is 1. The molecule has 2 heterocycles. The Morgan fingerprint density at radius 3 is 2.35 bits per heavy atom. The maximum absolute atomic E-state index is 12.0. The highest BCUT2D eigenvalue weighted by molar-refractivity contribution is 5.94. The minimum Gasteiger partial charge on any atom is -0.383 e. The van der Waals surface area contributed by atoms with E-state index in [-0.39, 0.29) is 5.91 Å². The first kappa shape index (κ1) is 18.4. The summed E-state index contributed by atoms with van der Waals surface area (Å²) in [6.45, 7) is 3.22. The maximum atomic E-state index is 12.0. The average molecular weight is 353 g/mol. The Bertz CT molecular complexity index is 690. The zero-order valence-corrected chi connectivity index (χ0v) is 15.4. The molecule has 1 fully saturated rings. The minimum absolute atomic E-state index is 0.0803. The van der Waals surface area contributed by atoms with Crippen molar-refractivity contribution in [2.45, 2.75) is 25.7 Å². The van der Waals surface area contributed by atoms with Crippen LogP contribution in [-0.2, 0) is 4.74 Å². The Morgan fingerprint density at radius 2 is 1.73 bits per heavy atom. The van der Waals surface area contributed by atoms with Gasteiger partial charge in [0.25, 0.3) is 5.91 Å². The van der Waals surface area contributed by atoms with Gasteiger partial charge in [0.05, 0.1) is 6.61 Å². The summed E-state index contributed by atoms with van der Waals surface area (Å²) in [6.07, 6.45) is 7.06. The Morgan fingerprint density at radius 1 is 1.04 bits per heavy atom. The average Bonchev–Trinajstić information content (AvgIpc) is 2.98. The van der Waals surface area contributed by atoms with Crippen molar-refractivity contribution in [3.05, 3.63) is 48.2 Å². The molecule has 0 unspecified atom stereocenters. The van der Waals surface area contributed by atoms with Gasteiger partial charge in [0.15, 0.2) is 0 Å². The van der Waals surface area contributed by atoms with Crippen LogP contribution >= 0.6 is 0 Å². The van der Waals surface area contributed by atoms with Gasteiger partial charge in [0, 0.05) is 44.1 Å². The molecule has 2 aromatic rings. The number of ether oxygens (including phenoxy) is 1. The largest absolute Gasteiger partial charge is 0.383 e. The van der Waals surface area contributed by atoms with Crippen molar-refractivity contribution in [3.8, 4) is 11.1 Å². The number of hydrogen-bond acceptors (Lipinski definition) is 4. The Kier molecular flexibility index (Phi) is 6.61. The van der Waals surface area contributed by atoms with Crippen LogP contribution in [0.4, 0.5) is 5.82 Å². The summed E-state index contributed by atoms with van der Waals surface area (Å²) in [6, 6.07) is 11.8. The predicted octanol–water partition coefficient (Wildman–Crippen LogP) is 3.51. The van der Waals surface area contributed by atoms with Crippen molar-refractivity contribution in [1.29, 1.82) is 0 Å². The molecule has 0 bridgehead atoms. The third-order valence-corrected chi connectivity index (χ3v) is 4.75. The van der Waals surface area contributed by atoms with Gasteiger partial charge in [-0.25, -0.2) is 4.98 Å². The van der Waals surface area contributed by atoms with Crippen LogP contribution in [-0.4, -0.2) is 44.2 Å². The van der Waals surface area contributed by atoms with Gasteiger partial charge in [-0.15, -0.1) is 0 Å². The minimum atomic E-state index is -0.0803. The molecule has 1 saturated heterocycles. The van der Waals surface area contributed by atoms with E-state index >= 15 is 0 Å². The van der Waals surface area contributed by atoms with Crippen molar-refractivity contribution < 1.29 is 9.53 Å². The third kappa shape index (κ3) is 4.82. The third-order valence-electron chi connectivity index (χ3n) is 4.75. The van der Waals surface area contributed by atoms with E-state index in [2.05, 4.69) is 27.3 Å². The topological polar surface area (TPSA) is 54.5 Å². The number of methoxy groups -OCH3 is 1. The molecule has 0 aliphatic carbocycles. The Balaban J connectivity index is 1.64. The first-order valence-electron chi connectivity index (χ1n) is 9.36. The highest BCUT2D eigenvalue weighted by atomic mass is 16.5. The molecule has 138 valence electrons. The van der Waals surface area contributed by atoms with Gasteiger partial charge in [-0.05, 0) is 42.7 Å². The fraction of sp³-hybridized carbons (Fsp3) is 0.429. The van der Waals surface area contributed by atoms with E-state index in [0.29, 0.717) is 18.7 Å². The van der Waals surface area contributed by atoms with Crippen LogP contribution in [0.5, 0.6) is 0 Å². The molecule has 0 atom stereocenters. The smallest absolute Gasteiger partial charge is 0.251 e. The normalized spacial score (nSPS) is 14.7. The van der Waals surface area contributed by atoms with Crippen LogP contribution in [0.25, 0.3) is 11.1 Å². The number of rotatable bonds is 6. The second kappa shape index (κ2) is 9.34. The quantitative estimate of drug-likeness (QED) is 0.808. The lowest BCUT2D eigenvalue weighted by Gasteiger charge is -2.21. The molecule has 1 aromatic carbocycles. The molecule has 5 nitrogen and oxygen atoms in total. The molecule has 0 spiro atoms. The summed E-state index contributed by atoms with van der Waals surface area (Å²) in [4.78, 5) is 19.1. The Hall–Kier alpha value is -2.40. The molecule has 0 saturated carbocycles. The zero-order valence-electron chi connectivity index (χ0n) is 15.4. The van der Waals surface area contributed by atoms with Crippen molar-refractivity contribution in [1.82, 2.24) is 10.3 Å². The van der Waals surface area contributed by atoms with E-state index in [1.807, 2.05) is 30.5 Å². The number of pyridine rings is 1. The summed E-state index contributed by atoms with van der Waals surface area (Å²) in [7, 11) is 1.62. The number of aromatic nitrogens is 1. The van der Waals surface area contributed by atoms with Crippen LogP contribution in [0.15, 0.2) is 42.6 Å². The van der Waals surface area contributed by atoms with Crippen LogP contribution in [0, 0.1) is 0 Å². The van der Waals surface area contributed by atoms with Gasteiger partial charge in [-0.2, -0.15) is 0 Å². The maximum Gasteiger partial charge on any atom is 0.251 e. The lowest BCUT2D eigenvalue weighted by molar-refractivity contribution is 0.0937. The highest BCUT2D eigenvalue weighted by Crippen LogP contribution is 2.23. The molecule has 1 aromatic heterocycles. The lowest BCUT2D eigenvalue weighted by Crippen LogP contribution is -2.26. The molecular formula is C21H27N3O2. The lowest BCUT2D eigenvalue weighted by atomic mass is 10.1. The summed E-state index contributed by atoms with van der Waals surface area (Å²) >= 11 is 0. The van der Waals surface area contributed by atoms with Crippen molar-refractivity contribution >= 4 is 11.7 Å². The second-order valence-electron chi connectivity index (χ2n) is 6.63. The van der Waals surface area contributed by atoms with Crippen molar-refractivity contribution in [2.24, 2.45) is 0 Å². The number of anilines is 1. The molecule has 1 aliphatic rings. The molecule has 0 radical (unpaired) electrons. The molecule has 1 aliphatic heterocycles. The summed E-state index contributed by atoms with van der Waals surface area (Å²) < 4.78 is 4.94. The first-order valence-corrected chi connectivity index (χ1v) is 9.36. The van der Waals surface area contributed by atoms with Gasteiger partial charge in [0.1, 0.15) is 5.82 Å². The summed E-state index contributed by atoms with van der Waals surface area (Å²) in [5, 5.41) is 2.83. The molecule has 3 rings (SSSR count). The number of hydrogen-bond donors (Lipinski definition) is 1. The summed E-state index contributed by atoms with van der Waals surface area (Å²) in [5.41, 5.74) is 2.78. The van der Waals surface area contributed by atoms with E-state index in [9.17, 15) is 4.79 Å².